The van der Waals surface area contributed by atoms with E-state index in [2.05, 4.69) is 9.97 Å². The molecule has 1 heterocycles. The second-order valence-electron chi connectivity index (χ2n) is 2.88. The first-order chi connectivity index (χ1) is 8.09. The molecule has 0 amide bonds. The lowest BCUT2D eigenvalue weighted by Gasteiger charge is -2.03. The quantitative estimate of drug-likeness (QED) is 0.763. The first-order valence-corrected chi connectivity index (χ1v) is 5.42. The Bertz CT molecular complexity index is 558. The molecule has 1 aromatic heterocycles. The van der Waals surface area contributed by atoms with E-state index in [-0.39, 0.29) is 16.7 Å². The van der Waals surface area contributed by atoms with Gasteiger partial charge < -0.3 is 10.8 Å². The van der Waals surface area contributed by atoms with Gasteiger partial charge >= 0.3 is 5.97 Å². The van der Waals surface area contributed by atoms with Crippen LogP contribution >= 0.6 is 11.6 Å². The third kappa shape index (κ3) is 2.62. The van der Waals surface area contributed by atoms with Gasteiger partial charge in [0.05, 0.1) is 16.5 Å². The highest BCUT2D eigenvalue weighted by atomic mass is 35.5. The fraction of sp³-hybridized carbons (Fsp3) is 0.182. The number of carboxylic acids is 1. The van der Waals surface area contributed by atoms with E-state index in [0.29, 0.717) is 10.9 Å². The van der Waals surface area contributed by atoms with Crippen LogP contribution in [-0.2, 0) is 0 Å². The fourth-order valence-electron chi connectivity index (χ4n) is 1.33. The predicted molar refractivity (Wildman–Crippen MR) is 67.3 cm³/mol. The lowest BCUT2D eigenvalue weighted by atomic mass is 10.1. The minimum atomic E-state index is -1.07. The lowest BCUT2D eigenvalue weighted by Crippen LogP contribution is -2.01. The van der Waals surface area contributed by atoms with E-state index < -0.39 is 5.97 Å². The number of halogens is 1. The summed E-state index contributed by atoms with van der Waals surface area (Å²) in [5, 5.41) is 9.29. The molecule has 0 radical (unpaired) electrons. The number of benzene rings is 1. The number of nitrogens with zero attached hydrogens (tertiary/aromatic N) is 2. The van der Waals surface area contributed by atoms with E-state index >= 15 is 0 Å². The normalized spacial score (nSPS) is 9.59. The lowest BCUT2D eigenvalue weighted by molar-refractivity contribution is 0.0699. The summed E-state index contributed by atoms with van der Waals surface area (Å²) in [5.74, 6) is -1.05. The number of aromatic carboxylic acids is 1. The molecule has 17 heavy (non-hydrogen) atoms. The zero-order chi connectivity index (χ0) is 13.0. The first-order valence-electron chi connectivity index (χ1n) is 5.04. The number of nitrogen functional groups attached to an aromatic ring is 1. The minimum absolute atomic E-state index is 0.0232. The van der Waals surface area contributed by atoms with Gasteiger partial charge in [-0.25, -0.2) is 14.8 Å². The zero-order valence-corrected chi connectivity index (χ0v) is 10.2. The second-order valence-corrected chi connectivity index (χ2v) is 3.24. The van der Waals surface area contributed by atoms with Crippen LogP contribution in [0.15, 0.2) is 18.2 Å². The molecule has 5 nitrogen and oxygen atoms in total. The molecule has 2 rings (SSSR count). The summed E-state index contributed by atoms with van der Waals surface area (Å²) in [4.78, 5) is 18.5. The largest absolute Gasteiger partial charge is 0.478 e. The van der Waals surface area contributed by atoms with Crippen molar-refractivity contribution in [1.29, 1.82) is 0 Å². The number of carboxylic acid groups (broad SMARTS) is 1. The van der Waals surface area contributed by atoms with Gasteiger partial charge in [-0.3, -0.25) is 0 Å². The van der Waals surface area contributed by atoms with Crippen molar-refractivity contribution in [2.75, 3.05) is 5.73 Å². The number of carbonyl (C=O) groups is 1. The molecule has 1 aromatic carbocycles. The highest BCUT2D eigenvalue weighted by molar-refractivity contribution is 6.35. The molecule has 0 bridgehead atoms. The average molecular weight is 254 g/mol. The van der Waals surface area contributed by atoms with Gasteiger partial charge in [0.2, 0.25) is 5.95 Å². The van der Waals surface area contributed by atoms with Gasteiger partial charge in [-0.2, -0.15) is 0 Å². The number of rotatable bonds is 1. The summed E-state index contributed by atoms with van der Waals surface area (Å²) in [6.45, 7) is 4.00. The number of hydrogen-bond acceptors (Lipinski definition) is 4. The van der Waals surface area contributed by atoms with Crippen LogP contribution in [0.1, 0.15) is 24.2 Å². The van der Waals surface area contributed by atoms with Crippen LogP contribution < -0.4 is 5.73 Å². The molecule has 0 atom stereocenters. The molecule has 0 saturated carbocycles. The summed E-state index contributed by atoms with van der Waals surface area (Å²) < 4.78 is 0. The average Bonchev–Trinajstić information content (AvgIpc) is 2.30. The molecule has 0 saturated heterocycles. The minimum Gasteiger partial charge on any atom is -0.478 e. The van der Waals surface area contributed by atoms with Gasteiger partial charge in [-0.05, 0) is 12.1 Å². The van der Waals surface area contributed by atoms with Gasteiger partial charge in [0, 0.05) is 0 Å². The highest BCUT2D eigenvalue weighted by Crippen LogP contribution is 2.24. The maximum absolute atomic E-state index is 10.9. The molecule has 0 aliphatic rings. The van der Waals surface area contributed by atoms with E-state index in [1.54, 1.807) is 12.1 Å². The van der Waals surface area contributed by atoms with Crippen molar-refractivity contribution in [2.24, 2.45) is 0 Å². The van der Waals surface area contributed by atoms with Crippen molar-refractivity contribution in [3.05, 3.63) is 28.9 Å². The second kappa shape index (κ2) is 5.45. The molecule has 6 heteroatoms. The van der Waals surface area contributed by atoms with Crippen LogP contribution in [0.2, 0.25) is 5.15 Å². The van der Waals surface area contributed by atoms with Crippen LogP contribution in [0, 0.1) is 0 Å². The number of fused-ring (bicyclic) bond motifs is 1. The number of anilines is 1. The molecule has 0 spiro atoms. The van der Waals surface area contributed by atoms with Crippen LogP contribution in [0.25, 0.3) is 10.9 Å². The Morgan fingerprint density at radius 2 is 2.00 bits per heavy atom. The van der Waals surface area contributed by atoms with E-state index in [1.165, 1.54) is 6.07 Å². The Kier molecular flexibility index (Phi) is 4.23. The van der Waals surface area contributed by atoms with E-state index in [1.807, 2.05) is 13.8 Å². The SMILES string of the molecule is CC.Nc1nc(Cl)c2c(C(=O)O)cccc2n1. The third-order valence-corrected chi connectivity index (χ3v) is 2.20. The molecule has 0 unspecified atom stereocenters. The molecule has 0 fully saturated rings. The predicted octanol–water partition coefficient (Wildman–Crippen LogP) is 2.59. The topological polar surface area (TPSA) is 89.1 Å². The molecule has 90 valence electrons. The molecule has 3 N–H and O–H groups in total. The van der Waals surface area contributed by atoms with Crippen LogP contribution in [0.5, 0.6) is 0 Å². The molecular weight excluding hydrogens is 242 g/mol. The number of aromatic nitrogens is 2. The smallest absolute Gasteiger partial charge is 0.336 e. The van der Waals surface area contributed by atoms with E-state index in [0.717, 1.165) is 0 Å². The third-order valence-electron chi connectivity index (χ3n) is 1.93. The van der Waals surface area contributed by atoms with Crippen LogP contribution in [0.3, 0.4) is 0 Å². The maximum atomic E-state index is 10.9. The van der Waals surface area contributed by atoms with Gasteiger partial charge in [0.25, 0.3) is 0 Å². The van der Waals surface area contributed by atoms with Crippen molar-refractivity contribution in [2.45, 2.75) is 13.8 Å². The van der Waals surface area contributed by atoms with Crippen LogP contribution in [-0.4, -0.2) is 21.0 Å². The highest BCUT2D eigenvalue weighted by Gasteiger charge is 2.13. The van der Waals surface area contributed by atoms with Crippen molar-refractivity contribution in [3.8, 4) is 0 Å². The summed E-state index contributed by atoms with van der Waals surface area (Å²) in [5.41, 5.74) is 5.89. The summed E-state index contributed by atoms with van der Waals surface area (Å²) >= 11 is 5.82. The van der Waals surface area contributed by atoms with E-state index in [9.17, 15) is 4.79 Å². The molecule has 0 aliphatic carbocycles. The summed E-state index contributed by atoms with van der Waals surface area (Å²) in [7, 11) is 0. The van der Waals surface area contributed by atoms with Crippen molar-refractivity contribution in [3.63, 3.8) is 0 Å². The monoisotopic (exact) mass is 253 g/mol. The zero-order valence-electron chi connectivity index (χ0n) is 9.44. The Hall–Kier alpha value is -1.88. The Morgan fingerprint density at radius 1 is 1.35 bits per heavy atom. The van der Waals surface area contributed by atoms with Gasteiger partial charge in [0.15, 0.2) is 0 Å². The Labute approximate surface area is 103 Å². The number of hydrogen-bond donors (Lipinski definition) is 2. The van der Waals surface area contributed by atoms with Gasteiger partial charge in [-0.15, -0.1) is 0 Å². The summed E-state index contributed by atoms with van der Waals surface area (Å²) in [6, 6.07) is 4.65. The first kappa shape index (κ1) is 13.2. The van der Waals surface area contributed by atoms with Crippen molar-refractivity contribution in [1.82, 2.24) is 9.97 Å². The van der Waals surface area contributed by atoms with Crippen molar-refractivity contribution >= 4 is 34.4 Å². The Balaban J connectivity index is 0.000000686. The van der Waals surface area contributed by atoms with E-state index in [4.69, 9.17) is 22.4 Å². The molecule has 0 aliphatic heterocycles. The number of nitrogens with two attached hydrogens (primary N) is 1. The standard InChI is InChI=1S/C9H6ClN3O2.C2H6/c10-7-6-4(8(14)15)2-1-3-5(6)12-9(11)13-7;1-2/h1-3H,(H,14,15)(H2,11,12,13);1-2H3. The van der Waals surface area contributed by atoms with Crippen LogP contribution in [0.4, 0.5) is 5.95 Å². The fourth-order valence-corrected chi connectivity index (χ4v) is 1.62. The van der Waals surface area contributed by atoms with Gasteiger partial charge in [0.1, 0.15) is 5.15 Å². The maximum Gasteiger partial charge on any atom is 0.336 e. The molecular formula is C11H12ClN3O2. The van der Waals surface area contributed by atoms with Gasteiger partial charge in [-0.1, -0.05) is 31.5 Å². The Morgan fingerprint density at radius 3 is 2.59 bits per heavy atom. The molecule has 2 aromatic rings. The van der Waals surface area contributed by atoms with Crippen molar-refractivity contribution < 1.29 is 9.90 Å². The summed E-state index contributed by atoms with van der Waals surface area (Å²) in [6.07, 6.45) is 0.